The number of hydrogen-bond donors (Lipinski definition) is 0. The van der Waals surface area contributed by atoms with Crippen LogP contribution in [0.3, 0.4) is 0 Å². The van der Waals surface area contributed by atoms with Crippen LogP contribution in [-0.2, 0) is 18.9 Å². The SMILES string of the molecule is FC(F)(F)c1ccccc1CN1CCN(c2ccc3nnc(C(F)(F)F)n3n2)CC1. The van der Waals surface area contributed by atoms with Crippen LogP contribution in [0, 0.1) is 0 Å². The zero-order valence-electron chi connectivity index (χ0n) is 15.5. The lowest BCUT2D eigenvalue weighted by atomic mass is 10.1. The van der Waals surface area contributed by atoms with Gasteiger partial charge in [-0.15, -0.1) is 15.3 Å². The smallest absolute Gasteiger partial charge is 0.353 e. The van der Waals surface area contributed by atoms with Gasteiger partial charge in [0.15, 0.2) is 5.65 Å². The quantitative estimate of drug-likeness (QED) is 0.596. The third kappa shape index (κ3) is 4.04. The van der Waals surface area contributed by atoms with Gasteiger partial charge in [-0.25, -0.2) is 0 Å². The lowest BCUT2D eigenvalue weighted by Gasteiger charge is -2.35. The Hall–Kier alpha value is -2.89. The largest absolute Gasteiger partial charge is 0.453 e. The van der Waals surface area contributed by atoms with Crippen LogP contribution in [0.4, 0.5) is 32.2 Å². The Kier molecular flexibility index (Phi) is 5.04. The molecule has 4 rings (SSSR count). The number of fused-ring (bicyclic) bond motifs is 1. The number of piperazine rings is 1. The van der Waals surface area contributed by atoms with Crippen molar-refractivity contribution >= 4 is 11.5 Å². The van der Waals surface area contributed by atoms with Crippen molar-refractivity contribution in [2.75, 3.05) is 31.1 Å². The molecular weight excluding hydrogens is 414 g/mol. The van der Waals surface area contributed by atoms with Gasteiger partial charge in [0.05, 0.1) is 5.56 Å². The second kappa shape index (κ2) is 7.42. The van der Waals surface area contributed by atoms with Gasteiger partial charge in [-0.3, -0.25) is 4.90 Å². The molecule has 3 aromatic rings. The lowest BCUT2D eigenvalue weighted by Crippen LogP contribution is -2.46. The van der Waals surface area contributed by atoms with Crippen LogP contribution in [-0.4, -0.2) is 50.9 Å². The third-order valence-electron chi connectivity index (χ3n) is 4.92. The van der Waals surface area contributed by atoms with Crippen molar-refractivity contribution in [3.63, 3.8) is 0 Å². The Balaban J connectivity index is 1.47. The minimum Gasteiger partial charge on any atom is -0.353 e. The molecule has 12 heteroatoms. The van der Waals surface area contributed by atoms with Crippen LogP contribution in [0.1, 0.15) is 17.0 Å². The van der Waals surface area contributed by atoms with Gasteiger partial charge in [0.25, 0.3) is 5.82 Å². The fourth-order valence-corrected chi connectivity index (χ4v) is 3.44. The summed E-state index contributed by atoms with van der Waals surface area (Å²) in [5, 5.41) is 10.6. The average molecular weight is 430 g/mol. The predicted molar refractivity (Wildman–Crippen MR) is 94.7 cm³/mol. The van der Waals surface area contributed by atoms with Crippen molar-refractivity contribution in [3.05, 3.63) is 53.3 Å². The normalized spacial score (nSPS) is 16.4. The summed E-state index contributed by atoms with van der Waals surface area (Å²) in [6.07, 6.45) is -9.11. The van der Waals surface area contributed by atoms with E-state index >= 15 is 0 Å². The first-order chi connectivity index (χ1) is 14.1. The van der Waals surface area contributed by atoms with Crippen molar-refractivity contribution in [3.8, 4) is 0 Å². The predicted octanol–water partition coefficient (Wildman–Crippen LogP) is 3.48. The van der Waals surface area contributed by atoms with E-state index in [1.807, 2.05) is 4.90 Å². The molecule has 160 valence electrons. The van der Waals surface area contributed by atoms with Crippen molar-refractivity contribution in [2.24, 2.45) is 0 Å². The molecule has 2 aromatic heterocycles. The van der Waals surface area contributed by atoms with Crippen molar-refractivity contribution in [1.29, 1.82) is 0 Å². The molecule has 1 fully saturated rings. The van der Waals surface area contributed by atoms with Gasteiger partial charge in [-0.2, -0.15) is 30.9 Å². The maximum Gasteiger partial charge on any atom is 0.453 e. The number of hydrogen-bond acceptors (Lipinski definition) is 5. The van der Waals surface area contributed by atoms with Gasteiger partial charge >= 0.3 is 12.4 Å². The minimum atomic E-state index is -4.68. The summed E-state index contributed by atoms with van der Waals surface area (Å²) in [5.74, 6) is -0.884. The van der Waals surface area contributed by atoms with Crippen LogP contribution in [0.5, 0.6) is 0 Å². The van der Waals surface area contributed by atoms with Gasteiger partial charge in [0.2, 0.25) is 0 Å². The van der Waals surface area contributed by atoms with Crippen LogP contribution in [0.2, 0.25) is 0 Å². The molecule has 0 amide bonds. The number of rotatable bonds is 3. The highest BCUT2D eigenvalue weighted by atomic mass is 19.4. The van der Waals surface area contributed by atoms with Crippen LogP contribution in [0.15, 0.2) is 36.4 Å². The molecule has 1 aromatic carbocycles. The Labute approximate surface area is 166 Å². The van der Waals surface area contributed by atoms with Gasteiger partial charge in [-0.1, -0.05) is 18.2 Å². The second-order valence-corrected chi connectivity index (χ2v) is 6.90. The maximum absolute atomic E-state index is 13.2. The summed E-state index contributed by atoms with van der Waals surface area (Å²) in [5.41, 5.74) is -0.488. The van der Waals surface area contributed by atoms with Crippen LogP contribution >= 0.6 is 0 Å². The first-order valence-electron chi connectivity index (χ1n) is 9.05. The lowest BCUT2D eigenvalue weighted by molar-refractivity contribution is -0.146. The molecule has 0 spiro atoms. The Morgan fingerprint density at radius 3 is 2.17 bits per heavy atom. The molecule has 0 unspecified atom stereocenters. The Morgan fingerprint density at radius 1 is 0.800 bits per heavy atom. The maximum atomic E-state index is 13.2. The Morgan fingerprint density at radius 2 is 1.50 bits per heavy atom. The molecule has 3 heterocycles. The molecule has 0 atom stereocenters. The minimum absolute atomic E-state index is 0.0199. The average Bonchev–Trinajstić information content (AvgIpc) is 3.12. The first kappa shape index (κ1) is 20.4. The van der Waals surface area contributed by atoms with E-state index in [0.717, 1.165) is 6.07 Å². The van der Waals surface area contributed by atoms with E-state index in [0.29, 0.717) is 36.5 Å². The molecule has 0 N–H and O–H groups in total. The summed E-state index contributed by atoms with van der Waals surface area (Å²) in [7, 11) is 0. The van der Waals surface area contributed by atoms with E-state index in [-0.39, 0.29) is 17.8 Å². The topological polar surface area (TPSA) is 49.6 Å². The first-order valence-corrected chi connectivity index (χ1v) is 9.05. The van der Waals surface area contributed by atoms with Gasteiger partial charge in [0, 0.05) is 32.7 Å². The zero-order valence-corrected chi connectivity index (χ0v) is 15.5. The number of halogens is 6. The molecule has 0 bridgehead atoms. The summed E-state index contributed by atoms with van der Waals surface area (Å²) < 4.78 is 79.3. The summed E-state index contributed by atoms with van der Waals surface area (Å²) in [6.45, 7) is 1.85. The van der Waals surface area contributed by atoms with Crippen LogP contribution in [0.25, 0.3) is 5.65 Å². The highest BCUT2D eigenvalue weighted by Gasteiger charge is 2.38. The second-order valence-electron chi connectivity index (χ2n) is 6.90. The standard InChI is InChI=1S/C18H16F6N6/c19-17(20,21)13-4-2-1-3-12(13)11-28-7-9-29(10-8-28)15-6-5-14-25-26-16(18(22,23)24)30(14)27-15/h1-6H,7-11H2. The molecule has 1 saturated heterocycles. The Bertz CT molecular complexity index is 1040. The molecular formula is C18H16F6N6. The number of anilines is 1. The van der Waals surface area contributed by atoms with E-state index < -0.39 is 23.7 Å². The van der Waals surface area contributed by atoms with E-state index in [1.54, 1.807) is 17.0 Å². The monoisotopic (exact) mass is 430 g/mol. The fraction of sp³-hybridized carbons (Fsp3) is 0.389. The fourth-order valence-electron chi connectivity index (χ4n) is 3.44. The third-order valence-corrected chi connectivity index (χ3v) is 4.92. The van der Waals surface area contributed by atoms with Crippen molar-refractivity contribution in [2.45, 2.75) is 18.9 Å². The summed E-state index contributed by atoms with van der Waals surface area (Å²) in [4.78, 5) is 3.66. The van der Waals surface area contributed by atoms with Gasteiger partial charge in [-0.05, 0) is 23.8 Å². The number of nitrogens with zero attached hydrogens (tertiary/aromatic N) is 6. The molecule has 0 aliphatic carbocycles. The summed E-state index contributed by atoms with van der Waals surface area (Å²) >= 11 is 0. The highest BCUT2D eigenvalue weighted by molar-refractivity contribution is 5.46. The van der Waals surface area contributed by atoms with E-state index in [1.165, 1.54) is 18.2 Å². The van der Waals surface area contributed by atoms with Crippen molar-refractivity contribution < 1.29 is 26.3 Å². The molecule has 0 radical (unpaired) electrons. The molecule has 1 aliphatic rings. The van der Waals surface area contributed by atoms with E-state index in [9.17, 15) is 26.3 Å². The van der Waals surface area contributed by atoms with E-state index in [4.69, 9.17) is 0 Å². The highest BCUT2D eigenvalue weighted by Crippen LogP contribution is 2.32. The number of aromatic nitrogens is 4. The summed E-state index contributed by atoms with van der Waals surface area (Å²) in [6, 6.07) is 8.39. The molecule has 6 nitrogen and oxygen atoms in total. The van der Waals surface area contributed by atoms with Gasteiger partial charge in [0.1, 0.15) is 5.82 Å². The van der Waals surface area contributed by atoms with Crippen LogP contribution < -0.4 is 4.90 Å². The van der Waals surface area contributed by atoms with Gasteiger partial charge < -0.3 is 4.90 Å². The molecule has 0 saturated carbocycles. The molecule has 30 heavy (non-hydrogen) atoms. The zero-order chi connectivity index (χ0) is 21.5. The van der Waals surface area contributed by atoms with E-state index in [2.05, 4.69) is 15.3 Å². The number of benzene rings is 1. The molecule has 1 aliphatic heterocycles. The van der Waals surface area contributed by atoms with Crippen molar-refractivity contribution in [1.82, 2.24) is 24.7 Å². The number of alkyl halides is 6.